The second-order valence-electron chi connectivity index (χ2n) is 3.69. The van der Waals surface area contributed by atoms with Crippen LogP contribution >= 0.6 is 0 Å². The molecule has 0 radical (unpaired) electrons. The van der Waals surface area contributed by atoms with Crippen LogP contribution in [0.5, 0.6) is 0 Å². The summed E-state index contributed by atoms with van der Waals surface area (Å²) in [5, 5.41) is 16.9. The van der Waals surface area contributed by atoms with E-state index in [0.29, 0.717) is 24.5 Å². The van der Waals surface area contributed by atoms with E-state index in [1.165, 1.54) is 0 Å². The predicted molar refractivity (Wildman–Crippen MR) is 64.3 cm³/mol. The first-order valence-corrected chi connectivity index (χ1v) is 5.43. The van der Waals surface area contributed by atoms with Crippen LogP contribution in [0.25, 0.3) is 11.4 Å². The molecular weight excluding hydrogens is 234 g/mol. The summed E-state index contributed by atoms with van der Waals surface area (Å²) in [6.45, 7) is 1.09. The zero-order valence-electron chi connectivity index (χ0n) is 9.91. The number of benzene rings is 1. The third-order valence-corrected chi connectivity index (χ3v) is 2.55. The van der Waals surface area contributed by atoms with Gasteiger partial charge in [0.05, 0.1) is 12.2 Å². The molecule has 94 valence electrons. The topological polar surface area (TPSA) is 77.2 Å². The number of carboxylic acids is 1. The van der Waals surface area contributed by atoms with Gasteiger partial charge >= 0.3 is 5.97 Å². The summed E-state index contributed by atoms with van der Waals surface area (Å²) >= 11 is 0. The first kappa shape index (κ1) is 12.3. The summed E-state index contributed by atoms with van der Waals surface area (Å²) in [4.78, 5) is 11.2. The lowest BCUT2D eigenvalue weighted by Gasteiger charge is -2.08. The number of nitrogens with zero attached hydrogens (tertiary/aromatic N) is 3. The number of hydrogen-bond donors (Lipinski definition) is 1. The van der Waals surface area contributed by atoms with Crippen LogP contribution in [0.4, 0.5) is 0 Å². The van der Waals surface area contributed by atoms with Gasteiger partial charge < -0.3 is 14.4 Å². The number of ether oxygens (including phenoxy) is 1. The highest BCUT2D eigenvalue weighted by atomic mass is 16.5. The van der Waals surface area contributed by atoms with E-state index in [1.807, 2.05) is 0 Å². The molecule has 0 aliphatic heterocycles. The Kier molecular flexibility index (Phi) is 3.69. The molecule has 1 heterocycles. The third-order valence-electron chi connectivity index (χ3n) is 2.55. The maximum absolute atomic E-state index is 11.2. The van der Waals surface area contributed by atoms with Crippen LogP contribution < -0.4 is 0 Å². The first-order chi connectivity index (χ1) is 8.74. The van der Waals surface area contributed by atoms with E-state index in [-0.39, 0.29) is 5.56 Å². The van der Waals surface area contributed by atoms with E-state index in [9.17, 15) is 4.79 Å². The molecule has 0 saturated heterocycles. The molecule has 6 nitrogen and oxygen atoms in total. The third kappa shape index (κ3) is 2.38. The summed E-state index contributed by atoms with van der Waals surface area (Å²) in [5.41, 5.74) is 0.766. The molecular formula is C12H13N3O3. The van der Waals surface area contributed by atoms with Crippen LogP contribution in [-0.4, -0.2) is 39.6 Å². The SMILES string of the molecule is COCCn1cnnc1-c1ccccc1C(=O)O. The molecule has 0 atom stereocenters. The first-order valence-electron chi connectivity index (χ1n) is 5.43. The molecule has 2 aromatic rings. The quantitative estimate of drug-likeness (QED) is 0.861. The average Bonchev–Trinajstić information content (AvgIpc) is 2.84. The lowest BCUT2D eigenvalue weighted by molar-refractivity contribution is 0.0697. The molecule has 1 N–H and O–H groups in total. The Morgan fingerprint density at radius 3 is 2.94 bits per heavy atom. The molecule has 0 aliphatic rings. The van der Waals surface area contributed by atoms with E-state index in [0.717, 1.165) is 0 Å². The number of aromatic nitrogens is 3. The largest absolute Gasteiger partial charge is 0.478 e. The molecule has 0 aliphatic carbocycles. The molecule has 2 rings (SSSR count). The number of rotatable bonds is 5. The minimum atomic E-state index is -0.980. The summed E-state index contributed by atoms with van der Waals surface area (Å²) < 4.78 is 6.76. The Labute approximate surface area is 104 Å². The Morgan fingerprint density at radius 2 is 2.22 bits per heavy atom. The highest BCUT2D eigenvalue weighted by Crippen LogP contribution is 2.21. The van der Waals surface area contributed by atoms with Gasteiger partial charge in [0.25, 0.3) is 0 Å². The molecule has 0 fully saturated rings. The minimum absolute atomic E-state index is 0.212. The fourth-order valence-electron chi connectivity index (χ4n) is 1.68. The van der Waals surface area contributed by atoms with Gasteiger partial charge in [0, 0.05) is 19.2 Å². The molecule has 0 bridgehead atoms. The summed E-state index contributed by atoms with van der Waals surface area (Å²) in [5.74, 6) is -0.447. The van der Waals surface area contributed by atoms with Crippen molar-refractivity contribution in [3.8, 4) is 11.4 Å². The Bertz CT molecular complexity index is 551. The van der Waals surface area contributed by atoms with Crippen LogP contribution in [0, 0.1) is 0 Å². The van der Waals surface area contributed by atoms with Gasteiger partial charge in [0.2, 0.25) is 0 Å². The fourth-order valence-corrected chi connectivity index (χ4v) is 1.68. The van der Waals surface area contributed by atoms with Crippen LogP contribution in [-0.2, 0) is 11.3 Å². The minimum Gasteiger partial charge on any atom is -0.478 e. The number of hydrogen-bond acceptors (Lipinski definition) is 4. The van der Waals surface area contributed by atoms with Crippen molar-refractivity contribution in [1.82, 2.24) is 14.8 Å². The van der Waals surface area contributed by atoms with Gasteiger partial charge in [-0.1, -0.05) is 18.2 Å². The maximum atomic E-state index is 11.2. The van der Waals surface area contributed by atoms with Gasteiger partial charge in [-0.2, -0.15) is 0 Å². The van der Waals surface area contributed by atoms with Crippen LogP contribution in [0.2, 0.25) is 0 Å². The highest BCUT2D eigenvalue weighted by Gasteiger charge is 2.15. The molecule has 0 unspecified atom stereocenters. The smallest absolute Gasteiger partial charge is 0.336 e. The molecule has 0 amide bonds. The lowest BCUT2D eigenvalue weighted by atomic mass is 10.1. The normalized spacial score (nSPS) is 10.5. The number of carbonyl (C=O) groups is 1. The Balaban J connectivity index is 2.42. The maximum Gasteiger partial charge on any atom is 0.336 e. The van der Waals surface area contributed by atoms with Gasteiger partial charge in [-0.25, -0.2) is 4.79 Å². The average molecular weight is 247 g/mol. The fraction of sp³-hybridized carbons (Fsp3) is 0.250. The number of carboxylic acid groups (broad SMARTS) is 1. The van der Waals surface area contributed by atoms with Crippen molar-refractivity contribution in [2.75, 3.05) is 13.7 Å². The van der Waals surface area contributed by atoms with E-state index in [4.69, 9.17) is 9.84 Å². The van der Waals surface area contributed by atoms with Crippen molar-refractivity contribution in [2.24, 2.45) is 0 Å². The van der Waals surface area contributed by atoms with Gasteiger partial charge in [0.15, 0.2) is 5.82 Å². The standard InChI is InChI=1S/C12H13N3O3/c1-18-7-6-15-8-13-14-11(15)9-4-2-3-5-10(9)12(16)17/h2-5,8H,6-7H2,1H3,(H,16,17). The molecule has 18 heavy (non-hydrogen) atoms. The van der Waals surface area contributed by atoms with Crippen LogP contribution in [0.3, 0.4) is 0 Å². The summed E-state index contributed by atoms with van der Waals surface area (Å²) in [7, 11) is 1.61. The van der Waals surface area contributed by atoms with E-state index in [2.05, 4.69) is 10.2 Å². The number of methoxy groups -OCH3 is 1. The second kappa shape index (κ2) is 5.42. The number of aromatic carboxylic acids is 1. The van der Waals surface area contributed by atoms with Crippen molar-refractivity contribution in [3.63, 3.8) is 0 Å². The lowest BCUT2D eigenvalue weighted by Crippen LogP contribution is -2.07. The molecule has 0 spiro atoms. The van der Waals surface area contributed by atoms with Crippen molar-refractivity contribution in [3.05, 3.63) is 36.2 Å². The van der Waals surface area contributed by atoms with E-state index < -0.39 is 5.97 Å². The molecule has 0 saturated carbocycles. The van der Waals surface area contributed by atoms with Crippen molar-refractivity contribution >= 4 is 5.97 Å². The summed E-state index contributed by atoms with van der Waals surface area (Å²) in [6, 6.07) is 6.73. The second-order valence-corrected chi connectivity index (χ2v) is 3.69. The Morgan fingerprint density at radius 1 is 1.44 bits per heavy atom. The van der Waals surface area contributed by atoms with E-state index >= 15 is 0 Å². The van der Waals surface area contributed by atoms with Crippen molar-refractivity contribution < 1.29 is 14.6 Å². The predicted octanol–water partition coefficient (Wildman–Crippen LogP) is 1.29. The molecule has 1 aromatic carbocycles. The van der Waals surface area contributed by atoms with Crippen LogP contribution in [0.1, 0.15) is 10.4 Å². The van der Waals surface area contributed by atoms with Crippen LogP contribution in [0.15, 0.2) is 30.6 Å². The zero-order chi connectivity index (χ0) is 13.0. The Hall–Kier alpha value is -2.21. The molecule has 1 aromatic heterocycles. The monoisotopic (exact) mass is 247 g/mol. The molecule has 6 heteroatoms. The summed E-state index contributed by atoms with van der Waals surface area (Å²) in [6.07, 6.45) is 1.56. The van der Waals surface area contributed by atoms with Gasteiger partial charge in [-0.15, -0.1) is 10.2 Å². The van der Waals surface area contributed by atoms with Gasteiger partial charge in [-0.3, -0.25) is 0 Å². The highest BCUT2D eigenvalue weighted by molar-refractivity contribution is 5.94. The zero-order valence-corrected chi connectivity index (χ0v) is 9.91. The van der Waals surface area contributed by atoms with Crippen molar-refractivity contribution in [2.45, 2.75) is 6.54 Å². The van der Waals surface area contributed by atoms with Gasteiger partial charge in [0.1, 0.15) is 6.33 Å². The van der Waals surface area contributed by atoms with E-state index in [1.54, 1.807) is 42.3 Å². The van der Waals surface area contributed by atoms with Gasteiger partial charge in [-0.05, 0) is 6.07 Å². The van der Waals surface area contributed by atoms with Crippen molar-refractivity contribution in [1.29, 1.82) is 0 Å².